The Morgan fingerprint density at radius 1 is 1.06 bits per heavy atom. The van der Waals surface area contributed by atoms with Crippen LogP contribution in [0, 0.1) is 24.6 Å². The fourth-order valence-corrected chi connectivity index (χ4v) is 4.61. The van der Waals surface area contributed by atoms with Gasteiger partial charge >= 0.3 is 5.97 Å². The zero-order valence-electron chi connectivity index (χ0n) is 19.2. The Labute approximate surface area is 198 Å². The summed E-state index contributed by atoms with van der Waals surface area (Å²) in [6.45, 7) is 2.48. The van der Waals surface area contributed by atoms with Crippen molar-refractivity contribution in [3.8, 4) is 22.4 Å². The van der Waals surface area contributed by atoms with Crippen molar-refractivity contribution in [2.24, 2.45) is 11.8 Å². The second kappa shape index (κ2) is 10.7. The van der Waals surface area contributed by atoms with Crippen LogP contribution >= 0.6 is 0 Å². The summed E-state index contributed by atoms with van der Waals surface area (Å²) in [5, 5.41) is 13.4. The van der Waals surface area contributed by atoms with E-state index in [-0.39, 0.29) is 23.9 Å². The molecule has 34 heavy (non-hydrogen) atoms. The normalized spacial score (nSPS) is 18.1. The number of benzene rings is 2. The van der Waals surface area contributed by atoms with Crippen molar-refractivity contribution in [1.82, 2.24) is 9.78 Å². The molecule has 0 aliphatic heterocycles. The van der Waals surface area contributed by atoms with Crippen LogP contribution in [0.1, 0.15) is 31.2 Å². The van der Waals surface area contributed by atoms with Gasteiger partial charge in [-0.3, -0.25) is 4.79 Å². The Morgan fingerprint density at radius 3 is 2.44 bits per heavy atom. The molecular formula is C27H29FN2O4. The zero-order chi connectivity index (χ0) is 24.1. The van der Waals surface area contributed by atoms with Gasteiger partial charge in [0.2, 0.25) is 0 Å². The molecule has 1 heterocycles. The van der Waals surface area contributed by atoms with Crippen LogP contribution in [0.25, 0.3) is 22.4 Å². The third-order valence-electron chi connectivity index (χ3n) is 6.44. The van der Waals surface area contributed by atoms with Gasteiger partial charge in [-0.2, -0.15) is 5.10 Å². The van der Waals surface area contributed by atoms with Gasteiger partial charge in [-0.25, -0.2) is 13.9 Å². The lowest BCUT2D eigenvalue weighted by Gasteiger charge is -2.28. The molecule has 0 bridgehead atoms. The second-order valence-corrected chi connectivity index (χ2v) is 9.07. The molecule has 0 radical (unpaired) electrons. The van der Waals surface area contributed by atoms with Crippen LogP contribution in [0.15, 0.2) is 59.4 Å². The van der Waals surface area contributed by atoms with Crippen molar-refractivity contribution in [1.29, 1.82) is 0 Å². The third-order valence-corrected chi connectivity index (χ3v) is 6.44. The van der Waals surface area contributed by atoms with Gasteiger partial charge in [0, 0.05) is 23.7 Å². The largest absolute Gasteiger partial charge is 0.480 e. The van der Waals surface area contributed by atoms with Crippen LogP contribution in [0.2, 0.25) is 0 Å². The second-order valence-electron chi connectivity index (χ2n) is 9.07. The summed E-state index contributed by atoms with van der Waals surface area (Å²) in [6, 6.07) is 16.1. The highest BCUT2D eigenvalue weighted by molar-refractivity contribution is 5.80. The van der Waals surface area contributed by atoms with Gasteiger partial charge in [0.05, 0.1) is 6.61 Å². The highest BCUT2D eigenvalue weighted by Gasteiger charge is 2.24. The monoisotopic (exact) mass is 464 g/mol. The first kappa shape index (κ1) is 23.8. The molecule has 1 N–H and O–H groups in total. The van der Waals surface area contributed by atoms with Gasteiger partial charge in [0.25, 0.3) is 5.56 Å². The van der Waals surface area contributed by atoms with Crippen LogP contribution in [0.4, 0.5) is 4.39 Å². The molecule has 1 fully saturated rings. The molecule has 0 atom stereocenters. The Kier molecular flexibility index (Phi) is 7.53. The number of hydrogen-bond donors (Lipinski definition) is 1. The average molecular weight is 465 g/mol. The van der Waals surface area contributed by atoms with Crippen molar-refractivity contribution in [3.63, 3.8) is 0 Å². The SMILES string of the molecule is Cc1ccc(-c2nn(CC3CCC(COCC(=O)O)CC3)c(=O)cc2-c2ccccc2)c(F)c1. The van der Waals surface area contributed by atoms with E-state index in [1.165, 1.54) is 10.7 Å². The van der Waals surface area contributed by atoms with Crippen molar-refractivity contribution >= 4 is 5.97 Å². The maximum Gasteiger partial charge on any atom is 0.329 e. The van der Waals surface area contributed by atoms with E-state index in [4.69, 9.17) is 9.84 Å². The Hall–Kier alpha value is -3.32. The maximum absolute atomic E-state index is 14.9. The number of aromatic nitrogens is 2. The van der Waals surface area contributed by atoms with Gasteiger partial charge in [-0.15, -0.1) is 0 Å². The zero-order valence-corrected chi connectivity index (χ0v) is 19.2. The molecule has 2 aromatic carbocycles. The van der Waals surface area contributed by atoms with E-state index >= 15 is 0 Å². The van der Waals surface area contributed by atoms with E-state index in [1.807, 2.05) is 43.3 Å². The van der Waals surface area contributed by atoms with Gasteiger partial charge < -0.3 is 9.84 Å². The molecule has 3 aromatic rings. The predicted octanol–water partition coefficient (Wildman–Crippen LogP) is 4.93. The molecule has 6 nitrogen and oxygen atoms in total. The van der Waals surface area contributed by atoms with Gasteiger partial charge in [0.15, 0.2) is 0 Å². The van der Waals surface area contributed by atoms with E-state index in [1.54, 1.807) is 12.1 Å². The number of nitrogens with zero attached hydrogens (tertiary/aromatic N) is 2. The Bertz CT molecular complexity index is 1200. The topological polar surface area (TPSA) is 81.4 Å². The highest BCUT2D eigenvalue weighted by atomic mass is 19.1. The molecule has 7 heteroatoms. The molecule has 0 amide bonds. The lowest BCUT2D eigenvalue weighted by molar-refractivity contribution is -0.142. The van der Waals surface area contributed by atoms with E-state index in [2.05, 4.69) is 5.10 Å². The Balaban J connectivity index is 1.57. The van der Waals surface area contributed by atoms with Crippen molar-refractivity contribution < 1.29 is 19.0 Å². The molecule has 178 valence electrons. The molecule has 4 rings (SSSR count). The highest BCUT2D eigenvalue weighted by Crippen LogP contribution is 2.33. The van der Waals surface area contributed by atoms with Crippen LogP contribution < -0.4 is 5.56 Å². The quantitative estimate of drug-likeness (QED) is 0.511. The molecule has 0 saturated heterocycles. The van der Waals surface area contributed by atoms with E-state index in [0.717, 1.165) is 36.8 Å². The predicted molar refractivity (Wildman–Crippen MR) is 128 cm³/mol. The van der Waals surface area contributed by atoms with Crippen LogP contribution in [0.5, 0.6) is 0 Å². The molecule has 0 spiro atoms. The maximum atomic E-state index is 14.9. The third kappa shape index (κ3) is 5.78. The summed E-state index contributed by atoms with van der Waals surface area (Å²) in [6.07, 6.45) is 3.65. The van der Waals surface area contributed by atoms with Gasteiger partial charge in [-0.1, -0.05) is 36.4 Å². The van der Waals surface area contributed by atoms with Gasteiger partial charge in [0.1, 0.15) is 18.1 Å². The average Bonchev–Trinajstić information content (AvgIpc) is 2.82. The first-order valence-corrected chi connectivity index (χ1v) is 11.6. The molecular weight excluding hydrogens is 435 g/mol. The number of carboxylic acids is 1. The number of carbonyl (C=O) groups is 1. The standard InChI is InChI=1S/C27H29FN2O4/c1-18-7-12-22(24(28)13-18)27-23(21-5-3-2-4-6-21)14-25(31)30(29-27)15-19-8-10-20(11-9-19)16-34-17-26(32)33/h2-7,12-14,19-20H,8-11,15-17H2,1H3,(H,32,33). The number of carboxylic acid groups (broad SMARTS) is 1. The summed E-state index contributed by atoms with van der Waals surface area (Å²) in [4.78, 5) is 23.6. The number of ether oxygens (including phenoxy) is 1. The fraction of sp³-hybridized carbons (Fsp3) is 0.370. The first-order valence-electron chi connectivity index (χ1n) is 11.6. The van der Waals surface area contributed by atoms with Crippen molar-refractivity contribution in [2.75, 3.05) is 13.2 Å². The first-order chi connectivity index (χ1) is 16.4. The summed E-state index contributed by atoms with van der Waals surface area (Å²) in [5.41, 5.74) is 2.87. The molecule has 1 saturated carbocycles. The van der Waals surface area contributed by atoms with Crippen LogP contribution in [0.3, 0.4) is 0 Å². The molecule has 1 aromatic heterocycles. The molecule has 1 aliphatic carbocycles. The van der Waals surface area contributed by atoms with Crippen molar-refractivity contribution in [3.05, 3.63) is 76.3 Å². The number of rotatable bonds is 8. The van der Waals surface area contributed by atoms with Crippen LogP contribution in [-0.4, -0.2) is 34.1 Å². The summed E-state index contributed by atoms with van der Waals surface area (Å²) < 4.78 is 21.7. The van der Waals surface area contributed by atoms with E-state index in [9.17, 15) is 14.0 Å². The van der Waals surface area contributed by atoms with E-state index in [0.29, 0.717) is 35.9 Å². The lowest BCUT2D eigenvalue weighted by atomic mass is 9.82. The Morgan fingerprint density at radius 2 is 1.76 bits per heavy atom. The number of hydrogen-bond acceptors (Lipinski definition) is 4. The summed E-state index contributed by atoms with van der Waals surface area (Å²) >= 11 is 0. The molecule has 1 aliphatic rings. The van der Waals surface area contributed by atoms with E-state index < -0.39 is 5.97 Å². The molecule has 0 unspecified atom stereocenters. The smallest absolute Gasteiger partial charge is 0.329 e. The minimum absolute atomic E-state index is 0.206. The van der Waals surface area contributed by atoms with Crippen LogP contribution in [-0.2, 0) is 16.1 Å². The lowest BCUT2D eigenvalue weighted by Crippen LogP contribution is -2.29. The summed E-state index contributed by atoms with van der Waals surface area (Å²) in [5.74, 6) is -0.715. The van der Waals surface area contributed by atoms with Gasteiger partial charge in [-0.05, 0) is 67.7 Å². The minimum atomic E-state index is -0.959. The summed E-state index contributed by atoms with van der Waals surface area (Å²) in [7, 11) is 0. The number of aryl methyl sites for hydroxylation is 1. The van der Waals surface area contributed by atoms with Crippen molar-refractivity contribution in [2.45, 2.75) is 39.2 Å². The number of halogens is 1. The number of aliphatic carboxylic acids is 1. The fourth-order valence-electron chi connectivity index (χ4n) is 4.61. The minimum Gasteiger partial charge on any atom is -0.480 e.